The van der Waals surface area contributed by atoms with Gasteiger partial charge in [-0.25, -0.2) is 9.69 Å². The Hall–Kier alpha value is -4.01. The van der Waals surface area contributed by atoms with Crippen molar-refractivity contribution in [1.82, 2.24) is 5.32 Å². The molecule has 0 spiro atoms. The summed E-state index contributed by atoms with van der Waals surface area (Å²) in [5.74, 6) is -0.491. The molecule has 1 saturated heterocycles. The molecule has 1 N–H and O–H groups in total. The SMILES string of the molecule is O=C1NC(=O)N(c2ccc(OCc3ccc(Cl)cc3Cl)cc2)C(=O)/C1=C/c1ccc(OCc2ccc(Cl)c(Cl)c2)cc1. The maximum absolute atomic E-state index is 13.3. The van der Waals surface area contributed by atoms with Crippen molar-refractivity contribution in [3.8, 4) is 11.5 Å². The van der Waals surface area contributed by atoms with Crippen LogP contribution in [0.4, 0.5) is 10.5 Å². The van der Waals surface area contributed by atoms with Crippen LogP contribution >= 0.6 is 46.4 Å². The van der Waals surface area contributed by atoms with Crippen LogP contribution in [-0.4, -0.2) is 17.8 Å². The molecule has 1 fully saturated rings. The van der Waals surface area contributed by atoms with Gasteiger partial charge in [0.25, 0.3) is 11.8 Å². The number of carbonyl (C=O) groups excluding carboxylic acids is 3. The number of hydrogen-bond donors (Lipinski definition) is 1. The number of barbiturate groups is 1. The molecule has 0 atom stereocenters. The lowest BCUT2D eigenvalue weighted by molar-refractivity contribution is -0.122. The van der Waals surface area contributed by atoms with Crippen molar-refractivity contribution in [1.29, 1.82) is 0 Å². The Kier molecular flexibility index (Phi) is 9.04. The van der Waals surface area contributed by atoms with Gasteiger partial charge in [-0.15, -0.1) is 0 Å². The van der Waals surface area contributed by atoms with Crippen molar-refractivity contribution < 1.29 is 23.9 Å². The van der Waals surface area contributed by atoms with Crippen LogP contribution in [0.2, 0.25) is 20.1 Å². The van der Waals surface area contributed by atoms with E-state index in [-0.39, 0.29) is 24.5 Å². The quantitative estimate of drug-likeness (QED) is 0.155. The summed E-state index contributed by atoms with van der Waals surface area (Å²) in [4.78, 5) is 39.3. The van der Waals surface area contributed by atoms with Gasteiger partial charge in [0.1, 0.15) is 30.3 Å². The molecule has 212 valence electrons. The van der Waals surface area contributed by atoms with E-state index in [2.05, 4.69) is 5.32 Å². The summed E-state index contributed by atoms with van der Waals surface area (Å²) in [5, 5.41) is 4.11. The highest BCUT2D eigenvalue weighted by molar-refractivity contribution is 6.42. The molecule has 0 unspecified atom stereocenters. The second kappa shape index (κ2) is 12.9. The average molecular weight is 642 g/mol. The topological polar surface area (TPSA) is 84.9 Å². The van der Waals surface area contributed by atoms with Gasteiger partial charge in [0.15, 0.2) is 0 Å². The minimum absolute atomic E-state index is 0.194. The predicted octanol–water partition coefficient (Wildman–Crippen LogP) is 8.12. The molecule has 5 rings (SSSR count). The van der Waals surface area contributed by atoms with Crippen molar-refractivity contribution in [3.63, 3.8) is 0 Å². The number of halogens is 4. The Bertz CT molecular complexity index is 1710. The molecule has 0 aromatic heterocycles. The Labute approximate surface area is 261 Å². The molecule has 4 amide bonds. The Morgan fingerprint density at radius 2 is 1.36 bits per heavy atom. The van der Waals surface area contributed by atoms with Crippen LogP contribution < -0.4 is 19.7 Å². The van der Waals surface area contributed by atoms with E-state index in [4.69, 9.17) is 55.9 Å². The summed E-state index contributed by atoms with van der Waals surface area (Å²) in [6.07, 6.45) is 1.41. The van der Waals surface area contributed by atoms with E-state index in [1.165, 1.54) is 6.08 Å². The molecule has 4 aromatic carbocycles. The van der Waals surface area contributed by atoms with E-state index in [1.807, 2.05) is 6.07 Å². The third-order valence-corrected chi connectivity index (χ3v) is 7.51. The first kappa shape index (κ1) is 29.5. The van der Waals surface area contributed by atoms with Crippen molar-refractivity contribution >= 4 is 76.0 Å². The molecule has 0 bridgehead atoms. The first-order chi connectivity index (χ1) is 20.2. The zero-order chi connectivity index (χ0) is 29.8. The minimum Gasteiger partial charge on any atom is -0.489 e. The maximum Gasteiger partial charge on any atom is 0.335 e. The van der Waals surface area contributed by atoms with E-state index in [0.29, 0.717) is 37.2 Å². The summed E-state index contributed by atoms with van der Waals surface area (Å²) >= 11 is 24.1. The Balaban J connectivity index is 1.26. The van der Waals surface area contributed by atoms with Crippen molar-refractivity contribution in [2.24, 2.45) is 0 Å². The lowest BCUT2D eigenvalue weighted by Gasteiger charge is -2.26. The highest BCUT2D eigenvalue weighted by atomic mass is 35.5. The van der Waals surface area contributed by atoms with Crippen molar-refractivity contribution in [2.75, 3.05) is 4.90 Å². The fourth-order valence-corrected chi connectivity index (χ4v) is 4.79. The first-order valence-electron chi connectivity index (χ1n) is 12.4. The summed E-state index contributed by atoms with van der Waals surface area (Å²) < 4.78 is 11.6. The Morgan fingerprint density at radius 3 is 2.02 bits per heavy atom. The number of benzene rings is 4. The van der Waals surface area contributed by atoms with Gasteiger partial charge < -0.3 is 9.47 Å². The Morgan fingerprint density at radius 1 is 0.690 bits per heavy atom. The highest BCUT2D eigenvalue weighted by Gasteiger charge is 2.36. The number of anilines is 1. The van der Waals surface area contributed by atoms with Crippen LogP contribution in [0.1, 0.15) is 16.7 Å². The lowest BCUT2D eigenvalue weighted by Crippen LogP contribution is -2.54. The average Bonchev–Trinajstić information content (AvgIpc) is 2.96. The minimum atomic E-state index is -0.852. The third kappa shape index (κ3) is 6.89. The number of imide groups is 2. The second-order valence-electron chi connectivity index (χ2n) is 9.08. The highest BCUT2D eigenvalue weighted by Crippen LogP contribution is 2.27. The van der Waals surface area contributed by atoms with Crippen LogP contribution in [0.5, 0.6) is 11.5 Å². The molecule has 4 aromatic rings. The first-order valence-corrected chi connectivity index (χ1v) is 13.9. The normalized spacial score (nSPS) is 14.2. The van der Waals surface area contributed by atoms with Gasteiger partial charge in [0.2, 0.25) is 0 Å². The van der Waals surface area contributed by atoms with Gasteiger partial charge in [-0.05, 0) is 77.9 Å². The second-order valence-corrected chi connectivity index (χ2v) is 10.7. The molecule has 1 heterocycles. The number of ether oxygens (including phenoxy) is 2. The molecule has 7 nitrogen and oxygen atoms in total. The molecule has 0 aliphatic carbocycles. The maximum atomic E-state index is 13.3. The molecule has 0 saturated carbocycles. The summed E-state index contributed by atoms with van der Waals surface area (Å²) in [5.41, 5.74) is 2.22. The van der Waals surface area contributed by atoms with Gasteiger partial charge in [-0.2, -0.15) is 0 Å². The number of nitrogens with one attached hydrogen (secondary N) is 1. The van der Waals surface area contributed by atoms with Crippen LogP contribution in [0.25, 0.3) is 6.08 Å². The number of carbonyl (C=O) groups is 3. The van der Waals surface area contributed by atoms with Gasteiger partial charge >= 0.3 is 6.03 Å². The fourth-order valence-electron chi connectivity index (χ4n) is 4.01. The van der Waals surface area contributed by atoms with Gasteiger partial charge in [0, 0.05) is 15.6 Å². The smallest absolute Gasteiger partial charge is 0.335 e. The number of urea groups is 1. The van der Waals surface area contributed by atoms with Gasteiger partial charge in [-0.3, -0.25) is 14.9 Å². The van der Waals surface area contributed by atoms with Crippen molar-refractivity contribution in [2.45, 2.75) is 13.2 Å². The van der Waals surface area contributed by atoms with Gasteiger partial charge in [0.05, 0.1) is 15.7 Å². The van der Waals surface area contributed by atoms with Gasteiger partial charge in [-0.1, -0.05) is 70.7 Å². The molecule has 0 radical (unpaired) electrons. The summed E-state index contributed by atoms with van der Waals surface area (Å²) in [7, 11) is 0. The molecule has 1 aliphatic heterocycles. The third-order valence-electron chi connectivity index (χ3n) is 6.19. The fraction of sp³-hybridized carbons (Fsp3) is 0.0645. The van der Waals surface area contributed by atoms with Crippen LogP contribution in [0.15, 0.2) is 90.5 Å². The van der Waals surface area contributed by atoms with E-state index in [9.17, 15) is 14.4 Å². The predicted molar refractivity (Wildman–Crippen MR) is 163 cm³/mol. The molecule has 11 heteroatoms. The van der Waals surface area contributed by atoms with Crippen LogP contribution in [0.3, 0.4) is 0 Å². The van der Waals surface area contributed by atoms with Crippen molar-refractivity contribution in [3.05, 3.63) is 127 Å². The lowest BCUT2D eigenvalue weighted by atomic mass is 10.1. The number of amides is 4. The molecular formula is C31H20Cl4N2O5. The largest absolute Gasteiger partial charge is 0.489 e. The van der Waals surface area contributed by atoms with E-state index in [0.717, 1.165) is 16.0 Å². The summed E-state index contributed by atoms with van der Waals surface area (Å²) in [6, 6.07) is 22.6. The zero-order valence-electron chi connectivity index (χ0n) is 21.6. The summed E-state index contributed by atoms with van der Waals surface area (Å²) in [6.45, 7) is 0.465. The monoisotopic (exact) mass is 640 g/mol. The van der Waals surface area contributed by atoms with E-state index >= 15 is 0 Å². The van der Waals surface area contributed by atoms with E-state index in [1.54, 1.807) is 78.9 Å². The van der Waals surface area contributed by atoms with Crippen LogP contribution in [0, 0.1) is 0 Å². The standard InChI is InChI=1S/C31H20Cl4N2O5/c32-21-5-4-20(27(34)15-21)17-42-24-10-6-22(7-11-24)37-30(39)25(29(38)36-31(37)40)13-18-1-8-23(9-2-18)41-16-19-3-12-26(33)28(35)14-19/h1-15H,16-17H2,(H,36,38,40)/b25-13+. The molecule has 1 aliphatic rings. The molecular weight excluding hydrogens is 622 g/mol. The number of hydrogen-bond acceptors (Lipinski definition) is 5. The molecule has 42 heavy (non-hydrogen) atoms. The number of nitrogens with zero attached hydrogens (tertiary/aromatic N) is 1. The van der Waals surface area contributed by atoms with E-state index < -0.39 is 17.8 Å². The number of rotatable bonds is 8. The van der Waals surface area contributed by atoms with Crippen LogP contribution in [-0.2, 0) is 22.8 Å². The zero-order valence-corrected chi connectivity index (χ0v) is 24.6.